The van der Waals surface area contributed by atoms with Crippen molar-refractivity contribution in [2.24, 2.45) is 5.92 Å². The molecule has 0 aliphatic heterocycles. The second-order valence-corrected chi connectivity index (χ2v) is 5.15. The molecule has 0 aromatic heterocycles. The Bertz CT molecular complexity index is 546. The minimum Gasteiger partial charge on any atom is -0.393 e. The maximum Gasteiger partial charge on any atom is 0.244 e. The van der Waals surface area contributed by atoms with Gasteiger partial charge in [0.25, 0.3) is 0 Å². The first kappa shape index (κ1) is 14.3. The Morgan fingerprint density at radius 3 is 3.05 bits per heavy atom. The highest BCUT2D eigenvalue weighted by molar-refractivity contribution is 5.91. The zero-order chi connectivity index (χ0) is 14.4. The van der Waals surface area contributed by atoms with E-state index >= 15 is 0 Å². The third-order valence-corrected chi connectivity index (χ3v) is 3.52. The van der Waals surface area contributed by atoms with Gasteiger partial charge in [-0.1, -0.05) is 12.1 Å². The van der Waals surface area contributed by atoms with Crippen LogP contribution in [0.15, 0.2) is 30.3 Å². The fraction of sp³-hybridized carbons (Fsp3) is 0.375. The molecule has 4 heteroatoms. The number of hydrogen-bond acceptors (Lipinski definition) is 3. The zero-order valence-corrected chi connectivity index (χ0v) is 11.2. The van der Waals surface area contributed by atoms with Crippen molar-refractivity contribution in [1.82, 2.24) is 5.32 Å². The van der Waals surface area contributed by atoms with E-state index in [-0.39, 0.29) is 12.0 Å². The predicted molar refractivity (Wildman–Crippen MR) is 76.5 cm³/mol. The summed E-state index contributed by atoms with van der Waals surface area (Å²) >= 11 is 0. The molecule has 1 saturated carbocycles. The van der Waals surface area contributed by atoms with E-state index in [1.807, 2.05) is 6.07 Å². The average molecular weight is 270 g/mol. The van der Waals surface area contributed by atoms with Crippen LogP contribution in [0.3, 0.4) is 0 Å². The summed E-state index contributed by atoms with van der Waals surface area (Å²) in [5.74, 6) is 0.234. The van der Waals surface area contributed by atoms with Crippen LogP contribution in [0.4, 0.5) is 0 Å². The van der Waals surface area contributed by atoms with Crippen LogP contribution in [0.2, 0.25) is 0 Å². The van der Waals surface area contributed by atoms with Crippen LogP contribution in [-0.2, 0) is 4.79 Å². The Morgan fingerprint density at radius 1 is 1.50 bits per heavy atom. The lowest BCUT2D eigenvalue weighted by Crippen LogP contribution is -2.26. The number of benzene rings is 1. The number of carbonyl (C=O) groups is 1. The first-order valence-corrected chi connectivity index (χ1v) is 6.81. The van der Waals surface area contributed by atoms with Crippen molar-refractivity contribution in [3.05, 3.63) is 41.5 Å². The molecule has 0 spiro atoms. The maximum absolute atomic E-state index is 11.7. The molecule has 4 nitrogen and oxygen atoms in total. The molecule has 2 N–H and O–H groups in total. The summed E-state index contributed by atoms with van der Waals surface area (Å²) < 4.78 is 0. The lowest BCUT2D eigenvalue weighted by molar-refractivity contribution is -0.116. The second kappa shape index (κ2) is 6.88. The van der Waals surface area contributed by atoms with Crippen molar-refractivity contribution in [3.8, 4) is 6.07 Å². The summed E-state index contributed by atoms with van der Waals surface area (Å²) in [5, 5.41) is 21.0. The van der Waals surface area contributed by atoms with E-state index in [4.69, 9.17) is 5.26 Å². The molecule has 1 aromatic rings. The number of aliphatic hydroxyl groups is 1. The summed E-state index contributed by atoms with van der Waals surface area (Å²) in [7, 11) is 0. The Morgan fingerprint density at radius 2 is 2.35 bits per heavy atom. The van der Waals surface area contributed by atoms with Gasteiger partial charge in [-0.05, 0) is 49.0 Å². The maximum atomic E-state index is 11.7. The van der Waals surface area contributed by atoms with Crippen molar-refractivity contribution in [3.63, 3.8) is 0 Å². The van der Waals surface area contributed by atoms with Crippen LogP contribution in [0.5, 0.6) is 0 Å². The van der Waals surface area contributed by atoms with E-state index in [0.717, 1.165) is 24.8 Å². The number of carbonyl (C=O) groups excluding carboxylic acids is 1. The summed E-state index contributed by atoms with van der Waals surface area (Å²) in [6.45, 7) is 0.610. The molecular weight excluding hydrogens is 252 g/mol. The molecule has 1 aromatic carbocycles. The molecule has 0 bridgehead atoms. The summed E-state index contributed by atoms with van der Waals surface area (Å²) in [6.07, 6.45) is 5.53. The van der Waals surface area contributed by atoms with E-state index in [9.17, 15) is 9.90 Å². The number of nitriles is 1. The lowest BCUT2D eigenvalue weighted by atomic mass is 10.1. The van der Waals surface area contributed by atoms with Gasteiger partial charge in [-0.2, -0.15) is 5.26 Å². The topological polar surface area (TPSA) is 73.1 Å². The van der Waals surface area contributed by atoms with Crippen LogP contribution >= 0.6 is 0 Å². The third kappa shape index (κ3) is 4.22. The van der Waals surface area contributed by atoms with Gasteiger partial charge in [-0.25, -0.2) is 0 Å². The van der Waals surface area contributed by atoms with Crippen LogP contribution in [-0.4, -0.2) is 23.7 Å². The smallest absolute Gasteiger partial charge is 0.244 e. The molecular formula is C16H18N2O2. The van der Waals surface area contributed by atoms with Crippen LogP contribution < -0.4 is 5.32 Å². The highest BCUT2D eigenvalue weighted by atomic mass is 16.3. The Labute approximate surface area is 118 Å². The van der Waals surface area contributed by atoms with E-state index < -0.39 is 0 Å². The first-order chi connectivity index (χ1) is 9.67. The number of rotatable bonds is 4. The van der Waals surface area contributed by atoms with E-state index in [1.54, 1.807) is 24.3 Å². The molecule has 1 aliphatic carbocycles. The van der Waals surface area contributed by atoms with Crippen molar-refractivity contribution in [2.45, 2.75) is 25.4 Å². The second-order valence-electron chi connectivity index (χ2n) is 5.15. The SMILES string of the molecule is N#Cc1cccc(/C=C/C(=O)NCC2CCC(O)C2)c1. The predicted octanol–water partition coefficient (Wildman–Crippen LogP) is 1.85. The molecule has 0 heterocycles. The van der Waals surface area contributed by atoms with Crippen molar-refractivity contribution >= 4 is 12.0 Å². The van der Waals surface area contributed by atoms with Crippen LogP contribution in [0.25, 0.3) is 6.08 Å². The van der Waals surface area contributed by atoms with Gasteiger partial charge in [0.2, 0.25) is 5.91 Å². The van der Waals surface area contributed by atoms with Crippen LogP contribution in [0.1, 0.15) is 30.4 Å². The molecule has 104 valence electrons. The summed E-state index contributed by atoms with van der Waals surface area (Å²) in [6, 6.07) is 9.15. The van der Waals surface area contributed by atoms with Gasteiger partial charge in [-0.15, -0.1) is 0 Å². The quantitative estimate of drug-likeness (QED) is 0.820. The molecule has 2 rings (SSSR count). The summed E-state index contributed by atoms with van der Waals surface area (Å²) in [4.78, 5) is 11.7. The van der Waals surface area contributed by atoms with E-state index in [0.29, 0.717) is 18.0 Å². The van der Waals surface area contributed by atoms with Gasteiger partial charge in [0.15, 0.2) is 0 Å². The fourth-order valence-corrected chi connectivity index (χ4v) is 2.42. The molecule has 0 saturated heterocycles. The summed E-state index contributed by atoms with van der Waals surface area (Å²) in [5.41, 5.74) is 1.41. The minimum absolute atomic E-state index is 0.145. The van der Waals surface area contributed by atoms with Crippen molar-refractivity contribution in [1.29, 1.82) is 5.26 Å². The Balaban J connectivity index is 1.81. The number of hydrogen-bond donors (Lipinski definition) is 2. The fourth-order valence-electron chi connectivity index (χ4n) is 2.42. The number of amides is 1. The standard InChI is InChI=1S/C16H18N2O2/c17-10-13-3-1-2-12(8-13)5-7-16(20)18-11-14-4-6-15(19)9-14/h1-3,5,7-8,14-15,19H,4,6,9,11H2,(H,18,20)/b7-5+. The van der Waals surface area contributed by atoms with Gasteiger partial charge in [0.05, 0.1) is 17.7 Å². The number of nitrogens with one attached hydrogen (secondary N) is 1. The van der Waals surface area contributed by atoms with Crippen LogP contribution in [0, 0.1) is 17.2 Å². The molecule has 1 amide bonds. The molecule has 20 heavy (non-hydrogen) atoms. The molecule has 2 unspecified atom stereocenters. The largest absolute Gasteiger partial charge is 0.393 e. The van der Waals surface area contributed by atoms with Crippen molar-refractivity contribution < 1.29 is 9.90 Å². The van der Waals surface area contributed by atoms with E-state index in [1.165, 1.54) is 6.08 Å². The molecule has 1 fully saturated rings. The average Bonchev–Trinajstić information content (AvgIpc) is 2.89. The minimum atomic E-state index is -0.207. The normalized spacial score (nSPS) is 21.8. The Hall–Kier alpha value is -2.12. The molecule has 1 aliphatic rings. The molecule has 2 atom stereocenters. The third-order valence-electron chi connectivity index (χ3n) is 3.52. The van der Waals surface area contributed by atoms with Gasteiger partial charge < -0.3 is 10.4 Å². The van der Waals surface area contributed by atoms with Gasteiger partial charge in [0, 0.05) is 12.6 Å². The van der Waals surface area contributed by atoms with Gasteiger partial charge in [0.1, 0.15) is 0 Å². The highest BCUT2D eigenvalue weighted by Gasteiger charge is 2.22. The lowest BCUT2D eigenvalue weighted by Gasteiger charge is -2.09. The van der Waals surface area contributed by atoms with Crippen molar-refractivity contribution in [2.75, 3.05) is 6.54 Å². The zero-order valence-electron chi connectivity index (χ0n) is 11.2. The van der Waals surface area contributed by atoms with Gasteiger partial charge >= 0.3 is 0 Å². The number of aliphatic hydroxyl groups excluding tert-OH is 1. The van der Waals surface area contributed by atoms with E-state index in [2.05, 4.69) is 11.4 Å². The van der Waals surface area contributed by atoms with Gasteiger partial charge in [-0.3, -0.25) is 4.79 Å². The molecule has 0 radical (unpaired) electrons. The first-order valence-electron chi connectivity index (χ1n) is 6.81. The Kier molecular flexibility index (Phi) is 4.91. The highest BCUT2D eigenvalue weighted by Crippen LogP contribution is 2.24. The number of nitrogens with zero attached hydrogens (tertiary/aromatic N) is 1. The monoisotopic (exact) mass is 270 g/mol.